The lowest BCUT2D eigenvalue weighted by molar-refractivity contribution is 0.281. The Balaban J connectivity index is 2.27. The Morgan fingerprint density at radius 2 is 2.21 bits per heavy atom. The summed E-state index contributed by atoms with van der Waals surface area (Å²) >= 11 is 0. The average molecular weight is 258 g/mol. The number of fused-ring (bicyclic) bond motifs is 3. The van der Waals surface area contributed by atoms with E-state index >= 15 is 0 Å². The SMILES string of the molecule is C[C@@H](CO)Nc1ncnc2[nH]c3ccc(O)cc3c12. The van der Waals surface area contributed by atoms with Gasteiger partial charge in [-0.3, -0.25) is 0 Å². The first-order chi connectivity index (χ1) is 9.19. The summed E-state index contributed by atoms with van der Waals surface area (Å²) in [6, 6.07) is 4.98. The Morgan fingerprint density at radius 1 is 1.37 bits per heavy atom. The second-order valence-corrected chi connectivity index (χ2v) is 4.53. The van der Waals surface area contributed by atoms with Crippen molar-refractivity contribution in [3.8, 4) is 5.75 Å². The van der Waals surface area contributed by atoms with Crippen LogP contribution in [0.5, 0.6) is 5.75 Å². The smallest absolute Gasteiger partial charge is 0.143 e. The number of phenolic OH excluding ortho intramolecular Hbond substituents is 1. The molecule has 1 atom stereocenters. The lowest BCUT2D eigenvalue weighted by atomic mass is 10.2. The van der Waals surface area contributed by atoms with Gasteiger partial charge in [0.1, 0.15) is 23.5 Å². The van der Waals surface area contributed by atoms with Gasteiger partial charge in [-0.15, -0.1) is 0 Å². The minimum absolute atomic E-state index is 0.0130. The minimum atomic E-state index is -0.111. The number of aromatic amines is 1. The van der Waals surface area contributed by atoms with Gasteiger partial charge in [0.15, 0.2) is 0 Å². The van der Waals surface area contributed by atoms with Gasteiger partial charge in [0, 0.05) is 16.9 Å². The van der Waals surface area contributed by atoms with Crippen molar-refractivity contribution >= 4 is 27.8 Å². The van der Waals surface area contributed by atoms with E-state index in [1.807, 2.05) is 6.92 Å². The quantitative estimate of drug-likeness (QED) is 0.572. The van der Waals surface area contributed by atoms with Gasteiger partial charge in [0.25, 0.3) is 0 Å². The highest BCUT2D eigenvalue weighted by molar-refractivity contribution is 6.11. The Kier molecular flexibility index (Phi) is 2.72. The van der Waals surface area contributed by atoms with E-state index in [1.165, 1.54) is 6.33 Å². The summed E-state index contributed by atoms with van der Waals surface area (Å²) in [7, 11) is 0. The molecular weight excluding hydrogens is 244 g/mol. The molecule has 0 fully saturated rings. The third kappa shape index (κ3) is 1.96. The van der Waals surface area contributed by atoms with Gasteiger partial charge in [-0.2, -0.15) is 0 Å². The lowest BCUT2D eigenvalue weighted by Gasteiger charge is -2.11. The van der Waals surface area contributed by atoms with Crippen LogP contribution in [-0.4, -0.2) is 37.8 Å². The third-order valence-corrected chi connectivity index (χ3v) is 3.03. The molecule has 19 heavy (non-hydrogen) atoms. The predicted octanol–water partition coefficient (Wildman–Crippen LogP) is 1.61. The van der Waals surface area contributed by atoms with Crippen LogP contribution in [-0.2, 0) is 0 Å². The van der Waals surface area contributed by atoms with Crippen molar-refractivity contribution in [2.45, 2.75) is 13.0 Å². The standard InChI is InChI=1S/C13H14N4O2/c1-7(5-18)16-12-11-9-4-8(19)2-3-10(9)17-13(11)15-6-14-12/h2-4,6-7,18-19H,5H2,1H3,(H2,14,15,16,17)/t7-/m0/s1. The molecule has 0 bridgehead atoms. The van der Waals surface area contributed by atoms with Crippen LogP contribution in [0.4, 0.5) is 5.82 Å². The van der Waals surface area contributed by atoms with E-state index in [9.17, 15) is 5.11 Å². The zero-order valence-corrected chi connectivity index (χ0v) is 10.4. The topological polar surface area (TPSA) is 94.1 Å². The number of rotatable bonds is 3. The molecule has 3 rings (SSSR count). The highest BCUT2D eigenvalue weighted by Gasteiger charge is 2.12. The monoisotopic (exact) mass is 258 g/mol. The molecule has 6 nitrogen and oxygen atoms in total. The van der Waals surface area contributed by atoms with E-state index in [4.69, 9.17) is 5.11 Å². The number of aromatic nitrogens is 3. The summed E-state index contributed by atoms with van der Waals surface area (Å²) in [5.74, 6) is 0.835. The predicted molar refractivity (Wildman–Crippen MR) is 73.2 cm³/mol. The number of anilines is 1. The fraction of sp³-hybridized carbons (Fsp3) is 0.231. The first kappa shape index (κ1) is 11.7. The number of aromatic hydroxyl groups is 1. The molecule has 0 amide bonds. The molecule has 2 heterocycles. The van der Waals surface area contributed by atoms with Gasteiger partial charge < -0.3 is 20.5 Å². The Morgan fingerprint density at radius 3 is 3.00 bits per heavy atom. The van der Waals surface area contributed by atoms with Crippen molar-refractivity contribution in [1.82, 2.24) is 15.0 Å². The largest absolute Gasteiger partial charge is 0.508 e. The van der Waals surface area contributed by atoms with Crippen molar-refractivity contribution < 1.29 is 10.2 Å². The molecule has 0 radical (unpaired) electrons. The van der Waals surface area contributed by atoms with Gasteiger partial charge >= 0.3 is 0 Å². The molecule has 2 aromatic heterocycles. The van der Waals surface area contributed by atoms with Crippen LogP contribution in [0.15, 0.2) is 24.5 Å². The van der Waals surface area contributed by atoms with Crippen LogP contribution >= 0.6 is 0 Å². The highest BCUT2D eigenvalue weighted by atomic mass is 16.3. The molecular formula is C13H14N4O2. The minimum Gasteiger partial charge on any atom is -0.508 e. The number of phenols is 1. The molecule has 0 unspecified atom stereocenters. The maximum Gasteiger partial charge on any atom is 0.143 e. The van der Waals surface area contributed by atoms with Crippen LogP contribution < -0.4 is 5.32 Å². The van der Waals surface area contributed by atoms with Crippen molar-refractivity contribution in [3.63, 3.8) is 0 Å². The van der Waals surface area contributed by atoms with Crippen molar-refractivity contribution in [2.75, 3.05) is 11.9 Å². The van der Waals surface area contributed by atoms with Crippen LogP contribution in [0, 0.1) is 0 Å². The first-order valence-corrected chi connectivity index (χ1v) is 6.02. The van der Waals surface area contributed by atoms with E-state index in [0.29, 0.717) is 11.5 Å². The second-order valence-electron chi connectivity index (χ2n) is 4.53. The van der Waals surface area contributed by atoms with E-state index < -0.39 is 0 Å². The van der Waals surface area contributed by atoms with Gasteiger partial charge in [-0.1, -0.05) is 0 Å². The Hall–Kier alpha value is -2.34. The summed E-state index contributed by atoms with van der Waals surface area (Å²) in [6.45, 7) is 1.87. The van der Waals surface area contributed by atoms with E-state index in [2.05, 4.69) is 20.3 Å². The van der Waals surface area contributed by atoms with Crippen LogP contribution in [0.25, 0.3) is 21.9 Å². The molecule has 1 aromatic carbocycles. The van der Waals surface area contributed by atoms with Gasteiger partial charge in [0.2, 0.25) is 0 Å². The number of hydrogen-bond acceptors (Lipinski definition) is 5. The summed E-state index contributed by atoms with van der Waals surface area (Å²) in [5, 5.41) is 23.5. The zero-order valence-electron chi connectivity index (χ0n) is 10.4. The summed E-state index contributed by atoms with van der Waals surface area (Å²) in [4.78, 5) is 11.6. The molecule has 4 N–H and O–H groups in total. The Labute approximate surface area is 109 Å². The molecule has 0 saturated heterocycles. The van der Waals surface area contributed by atoms with Crippen LogP contribution in [0.3, 0.4) is 0 Å². The Bertz CT molecular complexity index is 738. The summed E-state index contributed by atoms with van der Waals surface area (Å²) in [5.41, 5.74) is 1.58. The average Bonchev–Trinajstić information content (AvgIpc) is 2.77. The van der Waals surface area contributed by atoms with Gasteiger partial charge in [-0.05, 0) is 25.1 Å². The number of H-pyrrole nitrogens is 1. The highest BCUT2D eigenvalue weighted by Crippen LogP contribution is 2.31. The van der Waals surface area contributed by atoms with Crippen molar-refractivity contribution in [1.29, 1.82) is 0 Å². The first-order valence-electron chi connectivity index (χ1n) is 6.02. The molecule has 0 aliphatic carbocycles. The normalized spacial score (nSPS) is 12.9. The molecule has 0 saturated carbocycles. The van der Waals surface area contributed by atoms with Crippen LogP contribution in [0.1, 0.15) is 6.92 Å². The number of aliphatic hydroxyl groups is 1. The third-order valence-electron chi connectivity index (χ3n) is 3.03. The molecule has 98 valence electrons. The fourth-order valence-electron chi connectivity index (χ4n) is 2.10. The molecule has 0 aliphatic rings. The molecule has 3 aromatic rings. The van der Waals surface area contributed by atoms with E-state index in [-0.39, 0.29) is 18.4 Å². The second kappa shape index (κ2) is 4.40. The van der Waals surface area contributed by atoms with Crippen molar-refractivity contribution in [2.24, 2.45) is 0 Å². The zero-order chi connectivity index (χ0) is 13.4. The number of aliphatic hydroxyl groups excluding tert-OH is 1. The maximum atomic E-state index is 9.61. The summed E-state index contributed by atoms with van der Waals surface area (Å²) < 4.78 is 0. The van der Waals surface area contributed by atoms with Crippen LogP contribution in [0.2, 0.25) is 0 Å². The van der Waals surface area contributed by atoms with Crippen molar-refractivity contribution in [3.05, 3.63) is 24.5 Å². The van der Waals surface area contributed by atoms with E-state index in [1.54, 1.807) is 18.2 Å². The molecule has 0 spiro atoms. The summed E-state index contributed by atoms with van der Waals surface area (Å²) in [6.07, 6.45) is 1.46. The molecule has 0 aliphatic heterocycles. The number of nitrogens with one attached hydrogen (secondary N) is 2. The molecule has 6 heteroatoms. The number of hydrogen-bond donors (Lipinski definition) is 4. The van der Waals surface area contributed by atoms with Gasteiger partial charge in [0.05, 0.1) is 12.0 Å². The lowest BCUT2D eigenvalue weighted by Crippen LogP contribution is -2.20. The number of nitrogens with zero attached hydrogens (tertiary/aromatic N) is 2. The fourth-order valence-corrected chi connectivity index (χ4v) is 2.10. The van der Waals surface area contributed by atoms with Gasteiger partial charge in [-0.25, -0.2) is 9.97 Å². The van der Waals surface area contributed by atoms with E-state index in [0.717, 1.165) is 16.3 Å². The maximum absolute atomic E-state index is 9.61. The number of benzene rings is 1.